The Morgan fingerprint density at radius 2 is 2.04 bits per heavy atom. The largest absolute Gasteiger partial charge is 0.359 e. The lowest BCUT2D eigenvalue weighted by Gasteiger charge is -2.12. The van der Waals surface area contributed by atoms with Crippen LogP contribution in [0.4, 0.5) is 0 Å². The van der Waals surface area contributed by atoms with E-state index < -0.39 is 0 Å². The minimum absolute atomic E-state index is 0.222. The monoisotopic (exact) mass is 344 g/mol. The summed E-state index contributed by atoms with van der Waals surface area (Å²) in [5.74, 6) is 0.238. The van der Waals surface area contributed by atoms with Gasteiger partial charge in [-0.1, -0.05) is 0 Å². The van der Waals surface area contributed by atoms with Crippen LogP contribution in [0.5, 0.6) is 0 Å². The van der Waals surface area contributed by atoms with Crippen LogP contribution < -0.4 is 16.2 Å². The van der Waals surface area contributed by atoms with Crippen LogP contribution in [0, 0.1) is 6.92 Å². The molecule has 2 aromatic rings. The highest BCUT2D eigenvalue weighted by Crippen LogP contribution is 2.40. The van der Waals surface area contributed by atoms with Crippen molar-refractivity contribution in [2.45, 2.75) is 44.6 Å². The summed E-state index contributed by atoms with van der Waals surface area (Å²) < 4.78 is 1.74. The Bertz CT molecular complexity index is 837. The molecule has 0 spiro atoms. The van der Waals surface area contributed by atoms with Gasteiger partial charge in [0.05, 0.1) is 16.6 Å². The van der Waals surface area contributed by atoms with E-state index >= 15 is 0 Å². The molecule has 2 aromatic heterocycles. The van der Waals surface area contributed by atoms with Crippen molar-refractivity contribution >= 4 is 34.3 Å². The topological polar surface area (TPSA) is 83.9 Å². The number of hydrazine groups is 1. The SMILES string of the molecule is Cc1nn(C)c2nc(C3CC3)cc(C(=O)NNC(=S)NC3CC3)c12. The number of nitrogens with zero attached hydrogens (tertiary/aromatic N) is 3. The van der Waals surface area contributed by atoms with Crippen molar-refractivity contribution in [1.82, 2.24) is 30.9 Å². The summed E-state index contributed by atoms with van der Waals surface area (Å²) in [5, 5.41) is 8.78. The maximum atomic E-state index is 12.7. The van der Waals surface area contributed by atoms with Crippen molar-refractivity contribution in [3.63, 3.8) is 0 Å². The average molecular weight is 344 g/mol. The van der Waals surface area contributed by atoms with Crippen LogP contribution in [-0.4, -0.2) is 31.8 Å². The average Bonchev–Trinajstić information content (AvgIpc) is 3.45. The molecular weight excluding hydrogens is 324 g/mol. The fraction of sp³-hybridized carbons (Fsp3) is 0.500. The fourth-order valence-electron chi connectivity index (χ4n) is 2.86. The molecule has 126 valence electrons. The first kappa shape index (κ1) is 15.3. The van der Waals surface area contributed by atoms with E-state index in [0.29, 0.717) is 22.6 Å². The van der Waals surface area contributed by atoms with E-state index in [0.717, 1.165) is 48.1 Å². The Kier molecular flexibility index (Phi) is 3.64. The summed E-state index contributed by atoms with van der Waals surface area (Å²) in [5.41, 5.74) is 8.58. The highest BCUT2D eigenvalue weighted by molar-refractivity contribution is 7.80. The molecule has 0 atom stereocenters. The number of aromatic nitrogens is 3. The Morgan fingerprint density at radius 3 is 2.71 bits per heavy atom. The smallest absolute Gasteiger partial charge is 0.270 e. The van der Waals surface area contributed by atoms with Gasteiger partial charge < -0.3 is 5.32 Å². The van der Waals surface area contributed by atoms with Crippen LogP contribution in [0.2, 0.25) is 0 Å². The zero-order valence-electron chi connectivity index (χ0n) is 13.7. The molecule has 0 aliphatic heterocycles. The van der Waals surface area contributed by atoms with Crippen LogP contribution in [0.25, 0.3) is 11.0 Å². The molecule has 1 amide bonds. The number of fused-ring (bicyclic) bond motifs is 1. The summed E-state index contributed by atoms with van der Waals surface area (Å²) in [7, 11) is 1.85. The predicted molar refractivity (Wildman–Crippen MR) is 94.6 cm³/mol. The number of hydrogen-bond donors (Lipinski definition) is 3. The van der Waals surface area contributed by atoms with Gasteiger partial charge in [0.15, 0.2) is 10.8 Å². The molecule has 2 heterocycles. The lowest BCUT2D eigenvalue weighted by atomic mass is 10.1. The summed E-state index contributed by atoms with van der Waals surface area (Å²) in [6, 6.07) is 2.33. The van der Waals surface area contributed by atoms with Gasteiger partial charge in [0.2, 0.25) is 0 Å². The molecular formula is C16H20N6OS. The fourth-order valence-corrected chi connectivity index (χ4v) is 3.08. The summed E-state index contributed by atoms with van der Waals surface area (Å²) in [6.07, 6.45) is 4.51. The lowest BCUT2D eigenvalue weighted by molar-refractivity contribution is 0.0945. The number of rotatable bonds is 3. The van der Waals surface area contributed by atoms with Crippen LogP contribution in [0.1, 0.15) is 53.3 Å². The maximum Gasteiger partial charge on any atom is 0.270 e. The molecule has 0 aromatic carbocycles. The summed E-state index contributed by atoms with van der Waals surface area (Å²) >= 11 is 5.18. The van der Waals surface area contributed by atoms with Crippen LogP contribution in [-0.2, 0) is 7.05 Å². The second kappa shape index (κ2) is 5.70. The quantitative estimate of drug-likeness (QED) is 0.577. The molecule has 8 heteroatoms. The van der Waals surface area contributed by atoms with Crippen LogP contribution in [0.15, 0.2) is 6.07 Å². The van der Waals surface area contributed by atoms with E-state index in [9.17, 15) is 4.79 Å². The summed E-state index contributed by atoms with van der Waals surface area (Å²) in [4.78, 5) is 17.4. The third-order valence-corrected chi connectivity index (χ3v) is 4.65. The number of amides is 1. The number of carbonyl (C=O) groups excluding carboxylic acids is 1. The van der Waals surface area contributed by atoms with E-state index in [2.05, 4.69) is 21.3 Å². The maximum absolute atomic E-state index is 12.7. The molecule has 24 heavy (non-hydrogen) atoms. The van der Waals surface area contributed by atoms with Gasteiger partial charge in [-0.05, 0) is 50.9 Å². The number of nitrogens with one attached hydrogen (secondary N) is 3. The number of hydrogen-bond acceptors (Lipinski definition) is 4. The third kappa shape index (κ3) is 2.93. The molecule has 7 nitrogen and oxygen atoms in total. The zero-order chi connectivity index (χ0) is 16.8. The molecule has 2 saturated carbocycles. The lowest BCUT2D eigenvalue weighted by Crippen LogP contribution is -2.47. The van der Waals surface area contributed by atoms with Crippen LogP contribution >= 0.6 is 12.2 Å². The number of aryl methyl sites for hydroxylation is 2. The molecule has 0 unspecified atom stereocenters. The number of thiocarbonyl (C=S) groups is 1. The van der Waals surface area contributed by atoms with E-state index in [1.165, 1.54) is 0 Å². The van der Waals surface area contributed by atoms with E-state index in [1.54, 1.807) is 4.68 Å². The highest BCUT2D eigenvalue weighted by atomic mass is 32.1. The second-order valence-corrected chi connectivity index (χ2v) is 7.01. The van der Waals surface area contributed by atoms with Gasteiger partial charge in [-0.3, -0.25) is 20.3 Å². The second-order valence-electron chi connectivity index (χ2n) is 6.60. The van der Waals surface area contributed by atoms with Gasteiger partial charge in [-0.25, -0.2) is 4.98 Å². The molecule has 4 rings (SSSR count). The molecule has 0 radical (unpaired) electrons. The Balaban J connectivity index is 1.61. The van der Waals surface area contributed by atoms with E-state index in [-0.39, 0.29) is 5.91 Å². The number of pyridine rings is 1. The first-order valence-corrected chi connectivity index (χ1v) is 8.65. The third-order valence-electron chi connectivity index (χ3n) is 4.43. The summed E-state index contributed by atoms with van der Waals surface area (Å²) in [6.45, 7) is 1.89. The molecule has 3 N–H and O–H groups in total. The van der Waals surface area contributed by atoms with Crippen molar-refractivity contribution in [2.75, 3.05) is 0 Å². The van der Waals surface area contributed by atoms with Gasteiger partial charge in [0, 0.05) is 24.7 Å². The van der Waals surface area contributed by atoms with Crippen molar-refractivity contribution in [2.24, 2.45) is 7.05 Å². The van der Waals surface area contributed by atoms with E-state index in [4.69, 9.17) is 17.2 Å². The van der Waals surface area contributed by atoms with Crippen molar-refractivity contribution in [3.8, 4) is 0 Å². The standard InChI is InChI=1S/C16H20N6OS/c1-8-13-11(15(23)19-20-16(24)17-10-5-6-10)7-12(9-3-4-9)18-14(13)22(2)21-8/h7,9-10H,3-6H2,1-2H3,(H,19,23)(H2,17,20,24). The first-order valence-electron chi connectivity index (χ1n) is 8.24. The Morgan fingerprint density at radius 1 is 1.29 bits per heavy atom. The Labute approximate surface area is 145 Å². The van der Waals surface area contributed by atoms with Crippen molar-refractivity contribution < 1.29 is 4.79 Å². The van der Waals surface area contributed by atoms with Gasteiger partial charge in [0.1, 0.15) is 0 Å². The van der Waals surface area contributed by atoms with Crippen LogP contribution in [0.3, 0.4) is 0 Å². The first-order chi connectivity index (χ1) is 11.5. The molecule has 2 aliphatic rings. The minimum atomic E-state index is -0.222. The Hall–Kier alpha value is -2.22. The van der Waals surface area contributed by atoms with Gasteiger partial charge in [-0.15, -0.1) is 0 Å². The molecule has 0 bridgehead atoms. The molecule has 2 aliphatic carbocycles. The normalized spacial score (nSPS) is 16.9. The van der Waals surface area contributed by atoms with E-state index in [1.807, 2.05) is 20.0 Å². The van der Waals surface area contributed by atoms with Gasteiger partial charge in [-0.2, -0.15) is 5.10 Å². The van der Waals surface area contributed by atoms with Gasteiger partial charge >= 0.3 is 0 Å². The molecule has 0 saturated heterocycles. The van der Waals surface area contributed by atoms with Gasteiger partial charge in [0.25, 0.3) is 5.91 Å². The molecule has 2 fully saturated rings. The highest BCUT2D eigenvalue weighted by Gasteiger charge is 2.28. The van der Waals surface area contributed by atoms with Crippen molar-refractivity contribution in [1.29, 1.82) is 0 Å². The van der Waals surface area contributed by atoms with Crippen molar-refractivity contribution in [3.05, 3.63) is 23.0 Å². The minimum Gasteiger partial charge on any atom is -0.359 e. The predicted octanol–water partition coefficient (Wildman–Crippen LogP) is 1.43. The number of carbonyl (C=O) groups is 1. The zero-order valence-corrected chi connectivity index (χ0v) is 14.5.